The molecule has 1 aromatic carbocycles. The SMILES string of the molecule is N=C(N)N(CCCc1cnc[nH]1)CCC(O)(c1ccc(F)cc1)c1ccccn1. The number of imidazole rings is 1. The van der Waals surface area contributed by atoms with Gasteiger partial charge in [-0.1, -0.05) is 18.2 Å². The van der Waals surface area contributed by atoms with Crippen LogP contribution in [0.2, 0.25) is 0 Å². The lowest BCUT2D eigenvalue weighted by Gasteiger charge is -2.32. The zero-order chi connectivity index (χ0) is 20.7. The van der Waals surface area contributed by atoms with E-state index in [9.17, 15) is 9.50 Å². The van der Waals surface area contributed by atoms with Crippen LogP contribution in [0.4, 0.5) is 4.39 Å². The van der Waals surface area contributed by atoms with Crippen LogP contribution in [0.25, 0.3) is 0 Å². The summed E-state index contributed by atoms with van der Waals surface area (Å²) in [5, 5.41) is 19.4. The summed E-state index contributed by atoms with van der Waals surface area (Å²) in [5.41, 5.74) is 6.36. The van der Waals surface area contributed by atoms with Gasteiger partial charge in [0.2, 0.25) is 0 Å². The Morgan fingerprint density at radius 3 is 2.62 bits per heavy atom. The number of hydrogen-bond donors (Lipinski definition) is 4. The summed E-state index contributed by atoms with van der Waals surface area (Å²) < 4.78 is 13.4. The molecule has 5 N–H and O–H groups in total. The molecule has 0 amide bonds. The van der Waals surface area contributed by atoms with Gasteiger partial charge >= 0.3 is 0 Å². The van der Waals surface area contributed by atoms with Crippen molar-refractivity contribution in [2.45, 2.75) is 24.9 Å². The highest BCUT2D eigenvalue weighted by Crippen LogP contribution is 2.32. The number of aliphatic hydroxyl groups is 1. The molecule has 1 unspecified atom stereocenters. The molecule has 0 aliphatic heterocycles. The van der Waals surface area contributed by atoms with E-state index >= 15 is 0 Å². The van der Waals surface area contributed by atoms with Crippen molar-refractivity contribution >= 4 is 5.96 Å². The molecule has 0 aliphatic rings. The summed E-state index contributed by atoms with van der Waals surface area (Å²) in [6.45, 7) is 0.916. The molecule has 0 radical (unpaired) electrons. The second-order valence-corrected chi connectivity index (χ2v) is 6.88. The average molecular weight is 396 g/mol. The molecule has 3 rings (SSSR count). The van der Waals surface area contributed by atoms with E-state index in [0.717, 1.165) is 18.5 Å². The third-order valence-electron chi connectivity index (χ3n) is 4.92. The first-order valence-electron chi connectivity index (χ1n) is 9.45. The van der Waals surface area contributed by atoms with Crippen LogP contribution < -0.4 is 5.73 Å². The first-order valence-corrected chi connectivity index (χ1v) is 9.45. The zero-order valence-electron chi connectivity index (χ0n) is 16.1. The van der Waals surface area contributed by atoms with E-state index in [4.69, 9.17) is 11.1 Å². The molecule has 2 heterocycles. The summed E-state index contributed by atoms with van der Waals surface area (Å²) in [6, 6.07) is 11.0. The number of halogens is 1. The summed E-state index contributed by atoms with van der Waals surface area (Å²) in [7, 11) is 0. The van der Waals surface area contributed by atoms with Crippen molar-refractivity contribution in [3.05, 3.63) is 84.0 Å². The van der Waals surface area contributed by atoms with Gasteiger partial charge in [0, 0.05) is 37.6 Å². The highest BCUT2D eigenvalue weighted by Gasteiger charge is 2.33. The second-order valence-electron chi connectivity index (χ2n) is 6.88. The monoisotopic (exact) mass is 396 g/mol. The van der Waals surface area contributed by atoms with Gasteiger partial charge in [-0.3, -0.25) is 10.4 Å². The lowest BCUT2D eigenvalue weighted by molar-refractivity contribution is 0.0597. The molecule has 0 spiro atoms. The number of aromatic nitrogens is 3. The Labute approximate surface area is 168 Å². The van der Waals surface area contributed by atoms with Crippen LogP contribution in [0.1, 0.15) is 29.8 Å². The second kappa shape index (κ2) is 9.29. The number of aryl methyl sites for hydroxylation is 1. The molecule has 7 nitrogen and oxygen atoms in total. The van der Waals surface area contributed by atoms with E-state index in [0.29, 0.717) is 24.3 Å². The minimum absolute atomic E-state index is 0.0583. The molecule has 0 fully saturated rings. The van der Waals surface area contributed by atoms with Crippen molar-refractivity contribution in [1.82, 2.24) is 19.9 Å². The van der Waals surface area contributed by atoms with Gasteiger partial charge in [0.25, 0.3) is 0 Å². The number of H-pyrrole nitrogens is 1. The summed E-state index contributed by atoms with van der Waals surface area (Å²) in [6.07, 6.45) is 6.82. The van der Waals surface area contributed by atoms with Crippen LogP contribution >= 0.6 is 0 Å². The molecule has 2 aromatic heterocycles. The summed E-state index contributed by atoms with van der Waals surface area (Å²) >= 11 is 0. The van der Waals surface area contributed by atoms with E-state index in [1.165, 1.54) is 12.1 Å². The van der Waals surface area contributed by atoms with Crippen LogP contribution in [0, 0.1) is 11.2 Å². The minimum Gasteiger partial charge on any atom is -0.379 e. The van der Waals surface area contributed by atoms with Crippen LogP contribution in [0.3, 0.4) is 0 Å². The first kappa shape index (κ1) is 20.5. The first-order chi connectivity index (χ1) is 14.0. The number of benzene rings is 1. The lowest BCUT2D eigenvalue weighted by atomic mass is 9.86. The summed E-state index contributed by atoms with van der Waals surface area (Å²) in [4.78, 5) is 13.1. The van der Waals surface area contributed by atoms with Gasteiger partial charge in [-0.05, 0) is 42.7 Å². The van der Waals surface area contributed by atoms with Crippen LogP contribution in [0.5, 0.6) is 0 Å². The molecular formula is C21H25FN6O. The fourth-order valence-corrected chi connectivity index (χ4v) is 3.28. The molecule has 29 heavy (non-hydrogen) atoms. The summed E-state index contributed by atoms with van der Waals surface area (Å²) in [5.74, 6) is -0.432. The topological polar surface area (TPSA) is 115 Å². The number of nitrogens with one attached hydrogen (secondary N) is 2. The number of guanidine groups is 1. The molecule has 0 aliphatic carbocycles. The van der Waals surface area contributed by atoms with Crippen molar-refractivity contribution in [3.8, 4) is 0 Å². The van der Waals surface area contributed by atoms with Gasteiger partial charge in [-0.15, -0.1) is 0 Å². The van der Waals surface area contributed by atoms with E-state index in [2.05, 4.69) is 15.0 Å². The van der Waals surface area contributed by atoms with E-state index < -0.39 is 5.60 Å². The average Bonchev–Trinajstić information content (AvgIpc) is 3.24. The van der Waals surface area contributed by atoms with Crippen molar-refractivity contribution in [2.24, 2.45) is 5.73 Å². The maximum absolute atomic E-state index is 13.4. The Hall–Kier alpha value is -3.26. The molecule has 3 aromatic rings. The van der Waals surface area contributed by atoms with E-state index in [1.807, 2.05) is 0 Å². The maximum atomic E-state index is 13.4. The predicted octanol–water partition coefficient (Wildman–Crippen LogP) is 2.40. The number of hydrogen-bond acceptors (Lipinski definition) is 4. The molecule has 0 saturated carbocycles. The minimum atomic E-state index is -1.42. The fourth-order valence-electron chi connectivity index (χ4n) is 3.28. The lowest BCUT2D eigenvalue weighted by Crippen LogP contribution is -2.41. The van der Waals surface area contributed by atoms with E-state index in [1.54, 1.807) is 54.0 Å². The van der Waals surface area contributed by atoms with Crippen molar-refractivity contribution in [3.63, 3.8) is 0 Å². The Morgan fingerprint density at radius 2 is 2.00 bits per heavy atom. The molecule has 0 bridgehead atoms. The van der Waals surface area contributed by atoms with Crippen LogP contribution in [0.15, 0.2) is 61.2 Å². The number of rotatable bonds is 9. The Bertz CT molecular complexity index is 901. The third kappa shape index (κ3) is 5.17. The third-order valence-corrected chi connectivity index (χ3v) is 4.92. The van der Waals surface area contributed by atoms with Crippen LogP contribution in [-0.4, -0.2) is 44.0 Å². The zero-order valence-corrected chi connectivity index (χ0v) is 16.1. The predicted molar refractivity (Wildman–Crippen MR) is 109 cm³/mol. The van der Waals surface area contributed by atoms with Crippen LogP contribution in [-0.2, 0) is 12.0 Å². The molecule has 0 saturated heterocycles. The number of pyridine rings is 1. The van der Waals surface area contributed by atoms with Gasteiger partial charge in [0.05, 0.1) is 12.0 Å². The molecular weight excluding hydrogens is 371 g/mol. The molecule has 8 heteroatoms. The van der Waals surface area contributed by atoms with Gasteiger partial charge < -0.3 is 20.7 Å². The Morgan fingerprint density at radius 1 is 1.21 bits per heavy atom. The van der Waals surface area contributed by atoms with Crippen molar-refractivity contribution in [1.29, 1.82) is 5.41 Å². The van der Waals surface area contributed by atoms with Gasteiger partial charge in [0.15, 0.2) is 5.96 Å². The highest BCUT2D eigenvalue weighted by atomic mass is 19.1. The number of nitrogens with zero attached hydrogens (tertiary/aromatic N) is 3. The normalized spacial score (nSPS) is 13.0. The van der Waals surface area contributed by atoms with Gasteiger partial charge in [-0.25, -0.2) is 9.37 Å². The van der Waals surface area contributed by atoms with E-state index in [-0.39, 0.29) is 18.2 Å². The molecule has 1 atom stereocenters. The maximum Gasteiger partial charge on any atom is 0.188 e. The highest BCUT2D eigenvalue weighted by molar-refractivity contribution is 5.74. The van der Waals surface area contributed by atoms with Crippen molar-refractivity contribution in [2.75, 3.05) is 13.1 Å². The standard InChI is InChI=1S/C21H25FN6O/c22-17-8-6-16(7-9-17)21(29,19-5-1-2-11-26-19)10-13-28(20(23)24)12-3-4-18-14-25-15-27-18/h1-2,5-9,11,14-15,29H,3-4,10,12-13H2,(H3,23,24)(H,25,27). The number of aromatic amines is 1. The largest absolute Gasteiger partial charge is 0.379 e. The Balaban J connectivity index is 1.74. The quantitative estimate of drug-likeness (QED) is 0.327. The number of nitrogens with two attached hydrogens (primary N) is 1. The van der Waals surface area contributed by atoms with Gasteiger partial charge in [-0.2, -0.15) is 0 Å². The molecule has 152 valence electrons. The fraction of sp³-hybridized carbons (Fsp3) is 0.286. The van der Waals surface area contributed by atoms with Crippen molar-refractivity contribution < 1.29 is 9.50 Å². The smallest absolute Gasteiger partial charge is 0.188 e. The van der Waals surface area contributed by atoms with Gasteiger partial charge in [0.1, 0.15) is 11.4 Å². The Kier molecular flexibility index (Phi) is 6.56.